The highest BCUT2D eigenvalue weighted by Gasteiger charge is 2.18. The Balaban J connectivity index is 1.55. The number of nitrogens with two attached hydrogens (primary N) is 1. The average molecular weight is 481 g/mol. The van der Waals surface area contributed by atoms with E-state index in [1.807, 2.05) is 79.7 Å². The Hall–Kier alpha value is -4.78. The standard InChI is InChI=1S/C29H28N4O3/c1-20-12-17-24(18-27(20)36-2)33(29(35)31-23-8-4-3-5-9-23)19-21-13-15-22(16-14-21)28(34)32-26-11-7-6-10-25(26)30/h3-18H,19,30H2,1-2H3,(H,31,35)(H,32,34). The number of benzene rings is 4. The quantitative estimate of drug-likeness (QED) is 0.279. The summed E-state index contributed by atoms with van der Waals surface area (Å²) in [7, 11) is 1.60. The SMILES string of the molecule is COc1cc(N(Cc2ccc(C(=O)Nc3ccccc3N)cc2)C(=O)Nc2ccccc2)ccc1C. The van der Waals surface area contributed by atoms with E-state index in [1.54, 1.807) is 36.3 Å². The van der Waals surface area contributed by atoms with Gasteiger partial charge in [-0.25, -0.2) is 4.79 Å². The third kappa shape index (κ3) is 5.82. The summed E-state index contributed by atoms with van der Waals surface area (Å²) in [6.45, 7) is 2.24. The van der Waals surface area contributed by atoms with Gasteiger partial charge in [0.2, 0.25) is 0 Å². The summed E-state index contributed by atoms with van der Waals surface area (Å²) in [5, 5.41) is 5.77. The molecule has 0 bridgehead atoms. The molecule has 4 rings (SSSR count). The Morgan fingerprint density at radius 1 is 0.861 bits per heavy atom. The number of nitrogen functional groups attached to an aromatic ring is 1. The van der Waals surface area contributed by atoms with Crippen LogP contribution in [0.3, 0.4) is 0 Å². The van der Waals surface area contributed by atoms with Crippen molar-refractivity contribution in [2.45, 2.75) is 13.5 Å². The van der Waals surface area contributed by atoms with Crippen molar-refractivity contribution in [3.8, 4) is 5.75 Å². The third-order valence-electron chi connectivity index (χ3n) is 5.74. The molecule has 0 aliphatic carbocycles. The van der Waals surface area contributed by atoms with Crippen LogP contribution in [0.5, 0.6) is 5.75 Å². The molecule has 0 aliphatic rings. The zero-order valence-corrected chi connectivity index (χ0v) is 20.2. The van der Waals surface area contributed by atoms with Gasteiger partial charge in [-0.15, -0.1) is 0 Å². The van der Waals surface area contributed by atoms with Crippen molar-refractivity contribution in [3.63, 3.8) is 0 Å². The molecule has 0 saturated carbocycles. The molecule has 182 valence electrons. The van der Waals surface area contributed by atoms with E-state index in [1.165, 1.54) is 0 Å². The Morgan fingerprint density at radius 3 is 2.25 bits per heavy atom. The van der Waals surface area contributed by atoms with E-state index < -0.39 is 0 Å². The molecule has 3 amide bonds. The van der Waals surface area contributed by atoms with Crippen molar-refractivity contribution >= 4 is 34.7 Å². The zero-order valence-electron chi connectivity index (χ0n) is 20.2. The van der Waals surface area contributed by atoms with E-state index in [4.69, 9.17) is 10.5 Å². The predicted molar refractivity (Wildman–Crippen MR) is 145 cm³/mol. The number of nitrogens with zero attached hydrogens (tertiary/aromatic N) is 1. The lowest BCUT2D eigenvalue weighted by Crippen LogP contribution is -2.34. The number of rotatable bonds is 7. The first kappa shape index (κ1) is 24.3. The van der Waals surface area contributed by atoms with E-state index >= 15 is 0 Å². The van der Waals surface area contributed by atoms with Gasteiger partial charge in [0.1, 0.15) is 5.75 Å². The molecule has 0 heterocycles. The molecule has 36 heavy (non-hydrogen) atoms. The molecule has 0 radical (unpaired) electrons. The van der Waals surface area contributed by atoms with Gasteiger partial charge >= 0.3 is 6.03 Å². The fraction of sp³-hybridized carbons (Fsp3) is 0.103. The largest absolute Gasteiger partial charge is 0.496 e. The first-order chi connectivity index (χ1) is 17.4. The van der Waals surface area contributed by atoms with E-state index in [0.29, 0.717) is 40.6 Å². The molecule has 4 aromatic rings. The third-order valence-corrected chi connectivity index (χ3v) is 5.74. The van der Waals surface area contributed by atoms with E-state index in [9.17, 15) is 9.59 Å². The number of carbonyl (C=O) groups is 2. The van der Waals surface area contributed by atoms with Crippen molar-refractivity contribution < 1.29 is 14.3 Å². The maximum Gasteiger partial charge on any atom is 0.326 e. The number of hydrogen-bond donors (Lipinski definition) is 3. The first-order valence-corrected chi connectivity index (χ1v) is 11.5. The predicted octanol–water partition coefficient (Wildman–Crippen LogP) is 6.08. The monoisotopic (exact) mass is 480 g/mol. The molecular formula is C29H28N4O3. The van der Waals surface area contributed by atoms with Gasteiger partial charge in [0, 0.05) is 23.0 Å². The van der Waals surface area contributed by atoms with E-state index in [-0.39, 0.29) is 11.9 Å². The number of hydrogen-bond acceptors (Lipinski definition) is 4. The number of amides is 3. The van der Waals surface area contributed by atoms with Gasteiger partial charge in [0.05, 0.1) is 25.0 Å². The van der Waals surface area contributed by atoms with Crippen LogP contribution in [0.15, 0.2) is 97.1 Å². The molecule has 0 aliphatic heterocycles. The molecule has 4 N–H and O–H groups in total. The summed E-state index contributed by atoms with van der Waals surface area (Å²) < 4.78 is 5.47. The molecular weight excluding hydrogens is 452 g/mol. The highest BCUT2D eigenvalue weighted by Crippen LogP contribution is 2.27. The van der Waals surface area contributed by atoms with Crippen LogP contribution in [0.25, 0.3) is 0 Å². The highest BCUT2D eigenvalue weighted by atomic mass is 16.5. The average Bonchev–Trinajstić information content (AvgIpc) is 2.90. The summed E-state index contributed by atoms with van der Waals surface area (Å²) in [5.74, 6) is 0.429. The van der Waals surface area contributed by atoms with Gasteiger partial charge < -0.3 is 21.1 Å². The van der Waals surface area contributed by atoms with E-state index in [2.05, 4.69) is 10.6 Å². The molecule has 7 heteroatoms. The van der Waals surface area contributed by atoms with Crippen molar-refractivity contribution in [3.05, 3.63) is 114 Å². The summed E-state index contributed by atoms with van der Waals surface area (Å²) in [6, 6.07) is 28.9. The lowest BCUT2D eigenvalue weighted by atomic mass is 10.1. The Bertz CT molecular complexity index is 1350. The second kappa shape index (κ2) is 11.1. The van der Waals surface area contributed by atoms with Crippen molar-refractivity contribution in [1.82, 2.24) is 0 Å². The Labute approximate surface area is 210 Å². The van der Waals surface area contributed by atoms with E-state index in [0.717, 1.165) is 11.1 Å². The Morgan fingerprint density at radius 2 is 1.56 bits per heavy atom. The molecule has 4 aromatic carbocycles. The minimum Gasteiger partial charge on any atom is -0.496 e. The molecule has 0 fully saturated rings. The van der Waals surface area contributed by atoms with Crippen LogP contribution in [0, 0.1) is 6.92 Å². The smallest absolute Gasteiger partial charge is 0.326 e. The highest BCUT2D eigenvalue weighted by molar-refractivity contribution is 6.06. The van der Waals surface area contributed by atoms with Crippen LogP contribution in [-0.4, -0.2) is 19.0 Å². The van der Waals surface area contributed by atoms with Gasteiger partial charge in [-0.1, -0.05) is 48.5 Å². The summed E-state index contributed by atoms with van der Waals surface area (Å²) >= 11 is 0. The van der Waals surface area contributed by atoms with Crippen LogP contribution < -0.4 is 26.0 Å². The maximum absolute atomic E-state index is 13.3. The first-order valence-electron chi connectivity index (χ1n) is 11.5. The number of aryl methyl sites for hydroxylation is 1. The number of methoxy groups -OCH3 is 1. The minimum atomic E-state index is -0.284. The lowest BCUT2D eigenvalue weighted by molar-refractivity contribution is 0.102. The van der Waals surface area contributed by atoms with Crippen LogP contribution in [0.4, 0.5) is 27.5 Å². The van der Waals surface area contributed by atoms with Gasteiger partial charge in [-0.05, 0) is 60.5 Å². The number of ether oxygens (including phenoxy) is 1. The second-order valence-electron chi connectivity index (χ2n) is 8.27. The Kier molecular flexibility index (Phi) is 7.51. The number of anilines is 4. The van der Waals surface area contributed by atoms with Crippen LogP contribution in [0.1, 0.15) is 21.5 Å². The number of para-hydroxylation sites is 3. The normalized spacial score (nSPS) is 10.4. The topological polar surface area (TPSA) is 96.7 Å². The van der Waals surface area contributed by atoms with Crippen molar-refractivity contribution in [2.75, 3.05) is 28.4 Å². The molecule has 0 unspecified atom stereocenters. The minimum absolute atomic E-state index is 0.263. The van der Waals surface area contributed by atoms with Gasteiger partial charge in [-0.3, -0.25) is 9.69 Å². The van der Waals surface area contributed by atoms with Crippen LogP contribution in [0.2, 0.25) is 0 Å². The molecule has 0 atom stereocenters. The summed E-state index contributed by atoms with van der Waals surface area (Å²) in [6.07, 6.45) is 0. The number of urea groups is 1. The second-order valence-corrected chi connectivity index (χ2v) is 8.27. The fourth-order valence-corrected chi connectivity index (χ4v) is 3.72. The fourth-order valence-electron chi connectivity index (χ4n) is 3.72. The molecule has 0 spiro atoms. The van der Waals surface area contributed by atoms with Crippen LogP contribution in [-0.2, 0) is 6.54 Å². The summed E-state index contributed by atoms with van der Waals surface area (Å²) in [5.41, 5.74) is 10.7. The summed E-state index contributed by atoms with van der Waals surface area (Å²) in [4.78, 5) is 27.6. The maximum atomic E-state index is 13.3. The van der Waals surface area contributed by atoms with Crippen LogP contribution >= 0.6 is 0 Å². The van der Waals surface area contributed by atoms with Gasteiger partial charge in [0.15, 0.2) is 0 Å². The molecule has 0 aromatic heterocycles. The number of carbonyl (C=O) groups excluding carboxylic acids is 2. The molecule has 0 saturated heterocycles. The lowest BCUT2D eigenvalue weighted by Gasteiger charge is -2.24. The van der Waals surface area contributed by atoms with Crippen molar-refractivity contribution in [2.24, 2.45) is 0 Å². The number of nitrogens with one attached hydrogen (secondary N) is 2. The van der Waals surface area contributed by atoms with Gasteiger partial charge in [0.25, 0.3) is 5.91 Å². The molecule has 7 nitrogen and oxygen atoms in total. The zero-order chi connectivity index (χ0) is 25.5. The van der Waals surface area contributed by atoms with Crippen molar-refractivity contribution in [1.29, 1.82) is 0 Å². The van der Waals surface area contributed by atoms with Gasteiger partial charge in [-0.2, -0.15) is 0 Å².